The van der Waals surface area contributed by atoms with Crippen LogP contribution in [0.4, 0.5) is 0 Å². The standard InChI is InChI=1S/C12H15BrO3/c1-4-5-10(14)8-6-9(13)12(16-3)7-11(8)15-2/h6-7H,4-5H2,1-3H3. The third kappa shape index (κ3) is 2.76. The molecule has 0 saturated carbocycles. The van der Waals surface area contributed by atoms with Crippen LogP contribution >= 0.6 is 15.9 Å². The summed E-state index contributed by atoms with van der Waals surface area (Å²) in [7, 11) is 3.12. The summed E-state index contributed by atoms with van der Waals surface area (Å²) in [6, 6.07) is 3.46. The van der Waals surface area contributed by atoms with E-state index in [9.17, 15) is 4.79 Å². The first-order chi connectivity index (χ1) is 7.63. The van der Waals surface area contributed by atoms with Gasteiger partial charge in [0.2, 0.25) is 0 Å². The summed E-state index contributed by atoms with van der Waals surface area (Å²) in [5, 5.41) is 0. The maximum atomic E-state index is 11.8. The minimum absolute atomic E-state index is 0.0858. The van der Waals surface area contributed by atoms with Crippen molar-refractivity contribution in [3.63, 3.8) is 0 Å². The second-order valence-corrected chi connectivity index (χ2v) is 4.21. The molecule has 0 fully saturated rings. The number of Topliss-reactive ketones (excluding diaryl/α,β-unsaturated/α-hetero) is 1. The molecule has 0 aliphatic rings. The van der Waals surface area contributed by atoms with E-state index in [0.29, 0.717) is 23.5 Å². The quantitative estimate of drug-likeness (QED) is 0.778. The van der Waals surface area contributed by atoms with Crippen LogP contribution in [0.15, 0.2) is 16.6 Å². The largest absolute Gasteiger partial charge is 0.496 e. The van der Waals surface area contributed by atoms with Crippen LogP contribution in [0.3, 0.4) is 0 Å². The number of hydrogen-bond acceptors (Lipinski definition) is 3. The van der Waals surface area contributed by atoms with Crippen molar-refractivity contribution in [3.8, 4) is 11.5 Å². The van der Waals surface area contributed by atoms with Gasteiger partial charge in [0.25, 0.3) is 0 Å². The monoisotopic (exact) mass is 286 g/mol. The molecule has 88 valence electrons. The van der Waals surface area contributed by atoms with Gasteiger partial charge in [-0.3, -0.25) is 4.79 Å². The molecule has 4 heteroatoms. The van der Waals surface area contributed by atoms with E-state index in [0.717, 1.165) is 10.9 Å². The molecule has 1 aromatic rings. The van der Waals surface area contributed by atoms with Crippen molar-refractivity contribution in [1.82, 2.24) is 0 Å². The fourth-order valence-corrected chi connectivity index (χ4v) is 1.94. The molecule has 1 rings (SSSR count). The highest BCUT2D eigenvalue weighted by Crippen LogP contribution is 2.33. The summed E-state index contributed by atoms with van der Waals surface area (Å²) in [5.41, 5.74) is 0.594. The summed E-state index contributed by atoms with van der Waals surface area (Å²) >= 11 is 3.36. The van der Waals surface area contributed by atoms with Crippen LogP contribution in [0.1, 0.15) is 30.1 Å². The zero-order valence-electron chi connectivity index (χ0n) is 9.67. The topological polar surface area (TPSA) is 35.5 Å². The Morgan fingerprint density at radius 3 is 2.38 bits per heavy atom. The first-order valence-electron chi connectivity index (χ1n) is 5.08. The van der Waals surface area contributed by atoms with Gasteiger partial charge in [0.15, 0.2) is 5.78 Å². The van der Waals surface area contributed by atoms with E-state index in [1.807, 2.05) is 6.92 Å². The van der Waals surface area contributed by atoms with Crippen LogP contribution in [0.5, 0.6) is 11.5 Å². The van der Waals surface area contributed by atoms with Gasteiger partial charge in [-0.15, -0.1) is 0 Å². The van der Waals surface area contributed by atoms with Gasteiger partial charge in [0.05, 0.1) is 24.3 Å². The molecule has 0 aliphatic carbocycles. The molecule has 0 heterocycles. The highest BCUT2D eigenvalue weighted by atomic mass is 79.9. The molecule has 16 heavy (non-hydrogen) atoms. The number of hydrogen-bond donors (Lipinski definition) is 0. The van der Waals surface area contributed by atoms with Crippen LogP contribution < -0.4 is 9.47 Å². The summed E-state index contributed by atoms with van der Waals surface area (Å²) in [6.45, 7) is 1.98. The summed E-state index contributed by atoms with van der Waals surface area (Å²) < 4.78 is 11.1. The van der Waals surface area contributed by atoms with Gasteiger partial charge in [-0.2, -0.15) is 0 Å². The van der Waals surface area contributed by atoms with Crippen LogP contribution in [0.25, 0.3) is 0 Å². The summed E-state index contributed by atoms with van der Waals surface area (Å²) in [6.07, 6.45) is 1.35. The Hall–Kier alpha value is -1.03. The lowest BCUT2D eigenvalue weighted by molar-refractivity contribution is 0.0978. The molecule has 0 radical (unpaired) electrons. The molecular weight excluding hydrogens is 272 g/mol. The van der Waals surface area contributed by atoms with E-state index in [2.05, 4.69) is 15.9 Å². The van der Waals surface area contributed by atoms with Gasteiger partial charge in [0.1, 0.15) is 11.5 Å². The van der Waals surface area contributed by atoms with E-state index >= 15 is 0 Å². The number of ether oxygens (including phenoxy) is 2. The van der Waals surface area contributed by atoms with E-state index < -0.39 is 0 Å². The number of ketones is 1. The molecule has 0 aromatic heterocycles. The van der Waals surface area contributed by atoms with Gasteiger partial charge in [-0.25, -0.2) is 0 Å². The highest BCUT2D eigenvalue weighted by Gasteiger charge is 2.15. The van der Waals surface area contributed by atoms with E-state index in [1.54, 1.807) is 26.4 Å². The van der Waals surface area contributed by atoms with Crippen molar-refractivity contribution >= 4 is 21.7 Å². The molecule has 0 saturated heterocycles. The zero-order valence-corrected chi connectivity index (χ0v) is 11.3. The predicted molar refractivity (Wildman–Crippen MR) is 66.5 cm³/mol. The molecular formula is C12H15BrO3. The Labute approximate surface area is 104 Å². The molecule has 0 aliphatic heterocycles. The summed E-state index contributed by atoms with van der Waals surface area (Å²) in [5.74, 6) is 1.30. The van der Waals surface area contributed by atoms with Gasteiger partial charge in [0, 0.05) is 12.5 Å². The average Bonchev–Trinajstić information content (AvgIpc) is 2.29. The third-order valence-electron chi connectivity index (χ3n) is 2.25. The molecule has 0 N–H and O–H groups in total. The normalized spacial score (nSPS) is 10.0. The number of methoxy groups -OCH3 is 2. The smallest absolute Gasteiger partial charge is 0.166 e. The van der Waals surface area contributed by atoms with E-state index in [1.165, 1.54) is 0 Å². The predicted octanol–water partition coefficient (Wildman–Crippen LogP) is 3.45. The molecule has 3 nitrogen and oxygen atoms in total. The SMILES string of the molecule is CCCC(=O)c1cc(Br)c(OC)cc1OC. The Morgan fingerprint density at radius 2 is 1.88 bits per heavy atom. The third-order valence-corrected chi connectivity index (χ3v) is 2.87. The molecule has 1 aromatic carbocycles. The highest BCUT2D eigenvalue weighted by molar-refractivity contribution is 9.10. The van der Waals surface area contributed by atoms with Crippen molar-refractivity contribution < 1.29 is 14.3 Å². The second kappa shape index (κ2) is 5.89. The van der Waals surface area contributed by atoms with E-state index in [-0.39, 0.29) is 5.78 Å². The van der Waals surface area contributed by atoms with Crippen molar-refractivity contribution in [2.75, 3.05) is 14.2 Å². The molecule has 0 atom stereocenters. The summed E-state index contributed by atoms with van der Waals surface area (Å²) in [4.78, 5) is 11.8. The van der Waals surface area contributed by atoms with Crippen LogP contribution in [-0.4, -0.2) is 20.0 Å². The lowest BCUT2D eigenvalue weighted by Crippen LogP contribution is -2.02. The fraction of sp³-hybridized carbons (Fsp3) is 0.417. The van der Waals surface area contributed by atoms with Crippen LogP contribution in [0.2, 0.25) is 0 Å². The number of carbonyl (C=O) groups is 1. The Bertz CT molecular complexity index is 388. The zero-order chi connectivity index (χ0) is 12.1. The van der Waals surface area contributed by atoms with Crippen molar-refractivity contribution in [1.29, 1.82) is 0 Å². The number of halogens is 1. The minimum Gasteiger partial charge on any atom is -0.496 e. The number of benzene rings is 1. The van der Waals surface area contributed by atoms with Gasteiger partial charge < -0.3 is 9.47 Å². The molecule has 0 bridgehead atoms. The number of carbonyl (C=O) groups excluding carboxylic acids is 1. The minimum atomic E-state index is 0.0858. The average molecular weight is 287 g/mol. The lowest BCUT2D eigenvalue weighted by atomic mass is 10.1. The Kier molecular flexibility index (Phi) is 4.80. The maximum absolute atomic E-state index is 11.8. The molecule has 0 amide bonds. The number of rotatable bonds is 5. The van der Waals surface area contributed by atoms with Crippen molar-refractivity contribution in [2.24, 2.45) is 0 Å². The van der Waals surface area contributed by atoms with Crippen molar-refractivity contribution in [2.45, 2.75) is 19.8 Å². The van der Waals surface area contributed by atoms with Gasteiger partial charge in [-0.1, -0.05) is 6.92 Å². The van der Waals surface area contributed by atoms with Crippen LogP contribution in [-0.2, 0) is 0 Å². The Balaban J connectivity index is 3.17. The first-order valence-corrected chi connectivity index (χ1v) is 5.88. The first kappa shape index (κ1) is 13.0. The lowest BCUT2D eigenvalue weighted by Gasteiger charge is -2.11. The molecule has 0 unspecified atom stereocenters. The second-order valence-electron chi connectivity index (χ2n) is 3.36. The van der Waals surface area contributed by atoms with Gasteiger partial charge in [-0.05, 0) is 28.4 Å². The maximum Gasteiger partial charge on any atom is 0.166 e. The van der Waals surface area contributed by atoms with E-state index in [4.69, 9.17) is 9.47 Å². The van der Waals surface area contributed by atoms with Gasteiger partial charge >= 0.3 is 0 Å². The fourth-order valence-electron chi connectivity index (χ4n) is 1.44. The van der Waals surface area contributed by atoms with Crippen molar-refractivity contribution in [3.05, 3.63) is 22.2 Å². The Morgan fingerprint density at radius 1 is 1.25 bits per heavy atom. The molecule has 0 spiro atoms. The van der Waals surface area contributed by atoms with Crippen LogP contribution in [0, 0.1) is 0 Å².